The lowest BCUT2D eigenvalue weighted by Crippen LogP contribution is -2.64. The van der Waals surface area contributed by atoms with Crippen LogP contribution in [-0.4, -0.2) is 98.3 Å². The fourth-order valence-corrected chi connectivity index (χ4v) is 8.03. The van der Waals surface area contributed by atoms with Crippen LogP contribution < -0.4 is 0 Å². The van der Waals surface area contributed by atoms with Crippen molar-refractivity contribution in [1.82, 2.24) is 0 Å². The zero-order valence-electron chi connectivity index (χ0n) is 34.9. The second-order valence-electron chi connectivity index (χ2n) is 15.9. The Balaban J connectivity index is 2.42. The van der Waals surface area contributed by atoms with E-state index in [1.54, 1.807) is 0 Å². The Labute approximate surface area is 338 Å². The van der Waals surface area contributed by atoms with Crippen molar-refractivity contribution in [3.05, 3.63) is 0 Å². The third kappa shape index (κ3) is 26.1. The molecule has 1 aliphatic rings. The van der Waals surface area contributed by atoms with Gasteiger partial charge in [0, 0.05) is 12.8 Å². The van der Waals surface area contributed by atoms with E-state index in [-0.39, 0.29) is 12.8 Å². The first-order valence-electron chi connectivity index (χ1n) is 22.3. The van der Waals surface area contributed by atoms with E-state index >= 15 is 0 Å². The predicted molar refractivity (Wildman–Crippen MR) is 217 cm³/mol. The smallest absolute Gasteiger partial charge is 0.462 e. The molecule has 8 atom stereocenters. The maximum Gasteiger partial charge on any atom is 0.472 e. The summed E-state index contributed by atoms with van der Waals surface area (Å²) in [6.07, 6.45) is 18.9. The lowest BCUT2D eigenvalue weighted by molar-refractivity contribution is -0.220. The quantitative estimate of drug-likeness (QED) is 0.0199. The standard InChI is InChI=1S/C42H81O13P/c1-3-5-7-9-11-13-14-15-16-17-18-19-20-21-23-25-27-29-31-36(44)54-34(32-52-35(43)30-28-26-24-22-12-10-8-6-4-2)33-53-56(50,51)55-42-40(48)38(46)37(45)39(47)41(42)49/h34,37-42,45-49H,3-33H2,1-2H3,(H,50,51)/t34-,37?,38-,39?,40?,41?,42?/m1/s1. The molecule has 1 aliphatic carbocycles. The van der Waals surface area contributed by atoms with Gasteiger partial charge in [-0.1, -0.05) is 174 Å². The maximum absolute atomic E-state index is 12.8. The van der Waals surface area contributed by atoms with Gasteiger partial charge in [0.25, 0.3) is 0 Å². The molecule has 0 heterocycles. The largest absolute Gasteiger partial charge is 0.472 e. The molecule has 0 aliphatic heterocycles. The molecule has 0 aromatic heterocycles. The van der Waals surface area contributed by atoms with Crippen LogP contribution in [0.4, 0.5) is 0 Å². The molecule has 1 saturated carbocycles. The number of aliphatic hydroxyl groups is 5. The third-order valence-corrected chi connectivity index (χ3v) is 11.7. The van der Waals surface area contributed by atoms with Crippen molar-refractivity contribution in [1.29, 1.82) is 0 Å². The molecule has 6 N–H and O–H groups in total. The Morgan fingerprint density at radius 1 is 0.482 bits per heavy atom. The number of hydrogen-bond acceptors (Lipinski definition) is 12. The summed E-state index contributed by atoms with van der Waals surface area (Å²) >= 11 is 0. The molecule has 0 aromatic carbocycles. The zero-order chi connectivity index (χ0) is 41.4. The second kappa shape index (κ2) is 33.7. The molecule has 0 spiro atoms. The Kier molecular flexibility index (Phi) is 31.8. The molecule has 0 amide bonds. The van der Waals surface area contributed by atoms with E-state index in [1.165, 1.54) is 122 Å². The molecule has 0 radical (unpaired) electrons. The monoisotopic (exact) mass is 825 g/mol. The number of unbranched alkanes of at least 4 members (excludes halogenated alkanes) is 25. The third-order valence-electron chi connectivity index (χ3n) is 10.7. The molecule has 1 fully saturated rings. The number of hydrogen-bond donors (Lipinski definition) is 6. The van der Waals surface area contributed by atoms with Gasteiger partial charge < -0.3 is 39.9 Å². The summed E-state index contributed by atoms with van der Waals surface area (Å²) in [6.45, 7) is 3.28. The van der Waals surface area contributed by atoms with Crippen LogP contribution in [-0.2, 0) is 32.7 Å². The van der Waals surface area contributed by atoms with Crippen LogP contribution in [0.25, 0.3) is 0 Å². The molecule has 14 heteroatoms. The molecule has 13 nitrogen and oxygen atoms in total. The fourth-order valence-electron chi connectivity index (χ4n) is 7.05. The SMILES string of the molecule is CCCCCCCCCCCCCCCCCCCCC(=O)O[C@H](COC(=O)CCCCCCCCCCC)COP(=O)(O)OC1C(O)C(O)C(O)[C@@H](O)C1O. The highest BCUT2D eigenvalue weighted by atomic mass is 31.2. The van der Waals surface area contributed by atoms with Crippen molar-refractivity contribution in [2.45, 2.75) is 243 Å². The summed E-state index contributed by atoms with van der Waals surface area (Å²) in [5.41, 5.74) is 0. The van der Waals surface area contributed by atoms with Crippen molar-refractivity contribution in [2.24, 2.45) is 0 Å². The van der Waals surface area contributed by atoms with Crippen LogP contribution in [0.3, 0.4) is 0 Å². The number of rotatable bonds is 37. The lowest BCUT2D eigenvalue weighted by atomic mass is 9.85. The normalized spacial score (nSPS) is 22.8. The van der Waals surface area contributed by atoms with Gasteiger partial charge in [-0.15, -0.1) is 0 Å². The Bertz CT molecular complexity index is 1000. The van der Waals surface area contributed by atoms with Crippen molar-refractivity contribution in [3.8, 4) is 0 Å². The Morgan fingerprint density at radius 3 is 1.18 bits per heavy atom. The maximum atomic E-state index is 12.8. The van der Waals surface area contributed by atoms with E-state index in [2.05, 4.69) is 13.8 Å². The summed E-state index contributed by atoms with van der Waals surface area (Å²) in [5.74, 6) is -1.09. The molecule has 1 rings (SSSR count). The van der Waals surface area contributed by atoms with E-state index < -0.39 is 75.7 Å². The van der Waals surface area contributed by atoms with Gasteiger partial charge in [0.1, 0.15) is 43.2 Å². The van der Waals surface area contributed by atoms with Gasteiger partial charge in [0.15, 0.2) is 6.10 Å². The van der Waals surface area contributed by atoms with Crippen LogP contribution in [0.5, 0.6) is 0 Å². The number of esters is 2. The molecule has 0 aromatic rings. The van der Waals surface area contributed by atoms with Crippen LogP contribution in [0.2, 0.25) is 0 Å². The van der Waals surface area contributed by atoms with Crippen molar-refractivity contribution >= 4 is 19.8 Å². The fraction of sp³-hybridized carbons (Fsp3) is 0.952. The van der Waals surface area contributed by atoms with Crippen LogP contribution in [0.1, 0.15) is 200 Å². The summed E-state index contributed by atoms with van der Waals surface area (Å²) in [7, 11) is -5.10. The highest BCUT2D eigenvalue weighted by molar-refractivity contribution is 7.47. The van der Waals surface area contributed by atoms with Crippen molar-refractivity contribution in [3.63, 3.8) is 0 Å². The van der Waals surface area contributed by atoms with Crippen molar-refractivity contribution < 1.29 is 63.1 Å². The first kappa shape index (κ1) is 52.9. The molecule has 0 saturated heterocycles. The minimum Gasteiger partial charge on any atom is -0.462 e. The number of phosphoric ester groups is 1. The number of carbonyl (C=O) groups is 2. The van der Waals surface area contributed by atoms with Gasteiger partial charge in [0.05, 0.1) is 6.61 Å². The average Bonchev–Trinajstić information content (AvgIpc) is 3.18. The summed E-state index contributed by atoms with van der Waals surface area (Å²) in [6, 6.07) is 0. The van der Waals surface area contributed by atoms with Gasteiger partial charge in [0.2, 0.25) is 0 Å². The molecule has 0 bridgehead atoms. The van der Waals surface area contributed by atoms with Gasteiger partial charge in [-0.25, -0.2) is 4.57 Å². The summed E-state index contributed by atoms with van der Waals surface area (Å²) < 4.78 is 33.4. The first-order valence-corrected chi connectivity index (χ1v) is 23.8. The van der Waals surface area contributed by atoms with Crippen LogP contribution in [0, 0.1) is 0 Å². The van der Waals surface area contributed by atoms with Gasteiger partial charge in [-0.05, 0) is 12.8 Å². The van der Waals surface area contributed by atoms with Crippen LogP contribution >= 0.6 is 7.82 Å². The van der Waals surface area contributed by atoms with Gasteiger partial charge in [-0.3, -0.25) is 18.6 Å². The number of aliphatic hydroxyl groups excluding tert-OH is 5. The van der Waals surface area contributed by atoms with E-state index in [1.807, 2.05) is 0 Å². The minimum absolute atomic E-state index is 0.105. The van der Waals surface area contributed by atoms with E-state index in [0.29, 0.717) is 12.8 Å². The van der Waals surface area contributed by atoms with Crippen LogP contribution in [0.15, 0.2) is 0 Å². The number of ether oxygens (including phenoxy) is 2. The Morgan fingerprint density at radius 2 is 0.804 bits per heavy atom. The first-order chi connectivity index (χ1) is 26.9. The van der Waals surface area contributed by atoms with E-state index in [0.717, 1.165) is 38.5 Å². The van der Waals surface area contributed by atoms with Gasteiger partial charge in [-0.2, -0.15) is 0 Å². The van der Waals surface area contributed by atoms with E-state index in [4.69, 9.17) is 18.5 Å². The molecule has 332 valence electrons. The summed E-state index contributed by atoms with van der Waals surface area (Å²) in [5, 5.41) is 50.0. The zero-order valence-corrected chi connectivity index (χ0v) is 35.8. The molecular formula is C42H81O13P. The Hall–Kier alpha value is -1.15. The van der Waals surface area contributed by atoms with E-state index in [9.17, 15) is 44.6 Å². The summed E-state index contributed by atoms with van der Waals surface area (Å²) in [4.78, 5) is 35.5. The predicted octanol–water partition coefficient (Wildman–Crippen LogP) is 8.11. The lowest BCUT2D eigenvalue weighted by Gasteiger charge is -2.41. The highest BCUT2D eigenvalue weighted by Gasteiger charge is 2.51. The number of carbonyl (C=O) groups excluding carboxylic acids is 2. The molecule has 6 unspecified atom stereocenters. The topological polar surface area (TPSA) is 210 Å². The number of phosphoric acid groups is 1. The molecule has 56 heavy (non-hydrogen) atoms. The van der Waals surface area contributed by atoms with Gasteiger partial charge >= 0.3 is 19.8 Å². The second-order valence-corrected chi connectivity index (χ2v) is 17.3. The highest BCUT2D eigenvalue weighted by Crippen LogP contribution is 2.47. The average molecular weight is 825 g/mol. The minimum atomic E-state index is -5.10. The molecular weight excluding hydrogens is 743 g/mol. The van der Waals surface area contributed by atoms with Crippen molar-refractivity contribution in [2.75, 3.05) is 13.2 Å².